The van der Waals surface area contributed by atoms with Gasteiger partial charge in [-0.05, 0) is 56.7 Å². The molecule has 0 unspecified atom stereocenters. The van der Waals surface area contributed by atoms with Crippen molar-refractivity contribution in [1.29, 1.82) is 0 Å². The van der Waals surface area contributed by atoms with E-state index in [4.69, 9.17) is 0 Å². The van der Waals surface area contributed by atoms with Crippen molar-refractivity contribution < 1.29 is 4.79 Å². The third kappa shape index (κ3) is 3.89. The SMILES string of the molecule is CCN(CC)c1ccc(C(=O)N(C)[C@@H](C)c2cccnc2)cc1. The van der Waals surface area contributed by atoms with Gasteiger partial charge in [-0.25, -0.2) is 0 Å². The highest BCUT2D eigenvalue weighted by Crippen LogP contribution is 2.21. The summed E-state index contributed by atoms with van der Waals surface area (Å²) in [7, 11) is 1.83. The number of pyridine rings is 1. The molecule has 0 radical (unpaired) electrons. The Balaban J connectivity index is 2.13. The van der Waals surface area contributed by atoms with Gasteiger partial charge in [0.15, 0.2) is 0 Å². The zero-order valence-electron chi connectivity index (χ0n) is 14.4. The number of benzene rings is 1. The number of anilines is 1. The molecule has 0 fully saturated rings. The maximum Gasteiger partial charge on any atom is 0.254 e. The minimum absolute atomic E-state index is 0.0151. The number of aromatic nitrogens is 1. The molecule has 23 heavy (non-hydrogen) atoms. The zero-order chi connectivity index (χ0) is 16.8. The van der Waals surface area contributed by atoms with Crippen molar-refractivity contribution in [2.45, 2.75) is 26.8 Å². The molecular formula is C19H25N3O. The lowest BCUT2D eigenvalue weighted by Gasteiger charge is -2.26. The summed E-state index contributed by atoms with van der Waals surface area (Å²) in [6.45, 7) is 8.19. The van der Waals surface area contributed by atoms with Gasteiger partial charge < -0.3 is 9.80 Å². The monoisotopic (exact) mass is 311 g/mol. The summed E-state index contributed by atoms with van der Waals surface area (Å²) in [6, 6.07) is 11.7. The van der Waals surface area contributed by atoms with Crippen molar-refractivity contribution in [3.05, 3.63) is 59.9 Å². The molecule has 122 valence electrons. The molecule has 2 rings (SSSR count). The topological polar surface area (TPSA) is 36.4 Å². The standard InChI is InChI=1S/C19H25N3O/c1-5-22(6-2)18-11-9-16(10-12-18)19(23)21(4)15(3)17-8-7-13-20-14-17/h7-15H,5-6H2,1-4H3/t15-/m0/s1. The maximum atomic E-state index is 12.7. The third-order valence-electron chi connectivity index (χ3n) is 4.31. The summed E-state index contributed by atoms with van der Waals surface area (Å²) in [6.07, 6.45) is 3.54. The van der Waals surface area contributed by atoms with Crippen LogP contribution in [0.4, 0.5) is 5.69 Å². The van der Waals surface area contributed by atoms with E-state index in [2.05, 4.69) is 23.7 Å². The fraction of sp³-hybridized carbons (Fsp3) is 0.368. The van der Waals surface area contributed by atoms with Crippen LogP contribution in [0, 0.1) is 0 Å². The first kappa shape index (κ1) is 17.0. The predicted molar refractivity (Wildman–Crippen MR) is 94.7 cm³/mol. The zero-order valence-corrected chi connectivity index (χ0v) is 14.4. The van der Waals surface area contributed by atoms with Crippen LogP contribution in [0.3, 0.4) is 0 Å². The van der Waals surface area contributed by atoms with Crippen molar-refractivity contribution in [1.82, 2.24) is 9.88 Å². The predicted octanol–water partition coefficient (Wildman–Crippen LogP) is 3.76. The molecule has 0 saturated carbocycles. The number of carbonyl (C=O) groups is 1. The van der Waals surface area contributed by atoms with E-state index in [9.17, 15) is 4.79 Å². The Labute approximate surface area is 138 Å². The van der Waals surface area contributed by atoms with Crippen LogP contribution < -0.4 is 4.90 Å². The number of rotatable bonds is 6. The smallest absolute Gasteiger partial charge is 0.254 e. The molecule has 1 aromatic heterocycles. The minimum atomic E-state index is -0.0151. The number of carbonyl (C=O) groups excluding carboxylic acids is 1. The molecule has 4 heteroatoms. The molecule has 2 aromatic rings. The molecule has 1 heterocycles. The maximum absolute atomic E-state index is 12.7. The molecule has 1 aromatic carbocycles. The Morgan fingerprint density at radius 2 is 1.78 bits per heavy atom. The Hall–Kier alpha value is -2.36. The third-order valence-corrected chi connectivity index (χ3v) is 4.31. The summed E-state index contributed by atoms with van der Waals surface area (Å²) in [5.41, 5.74) is 2.89. The highest BCUT2D eigenvalue weighted by molar-refractivity contribution is 5.94. The fourth-order valence-electron chi connectivity index (χ4n) is 2.63. The molecular weight excluding hydrogens is 286 g/mol. The van der Waals surface area contributed by atoms with Crippen LogP contribution in [0.2, 0.25) is 0 Å². The minimum Gasteiger partial charge on any atom is -0.372 e. The number of nitrogens with zero attached hydrogens (tertiary/aromatic N) is 3. The molecule has 0 spiro atoms. The lowest BCUT2D eigenvalue weighted by atomic mass is 10.1. The normalized spacial score (nSPS) is 11.8. The molecule has 1 atom stereocenters. The van der Waals surface area contributed by atoms with E-state index in [1.165, 1.54) is 0 Å². The molecule has 0 aliphatic rings. The van der Waals surface area contributed by atoms with Crippen LogP contribution in [-0.4, -0.2) is 35.9 Å². The van der Waals surface area contributed by atoms with Crippen LogP contribution in [-0.2, 0) is 0 Å². The quantitative estimate of drug-likeness (QED) is 0.815. The largest absolute Gasteiger partial charge is 0.372 e. The summed E-state index contributed by atoms with van der Waals surface area (Å²) >= 11 is 0. The van der Waals surface area contributed by atoms with Crippen LogP contribution in [0.25, 0.3) is 0 Å². The fourth-order valence-corrected chi connectivity index (χ4v) is 2.63. The first-order valence-corrected chi connectivity index (χ1v) is 8.10. The van der Waals surface area contributed by atoms with E-state index < -0.39 is 0 Å². The van der Waals surface area contributed by atoms with Crippen molar-refractivity contribution in [3.63, 3.8) is 0 Å². The van der Waals surface area contributed by atoms with Gasteiger partial charge in [0.25, 0.3) is 5.91 Å². The molecule has 1 amide bonds. The number of hydrogen-bond acceptors (Lipinski definition) is 3. The Kier molecular flexibility index (Phi) is 5.74. The van der Waals surface area contributed by atoms with Gasteiger partial charge in [0.05, 0.1) is 6.04 Å². The van der Waals surface area contributed by atoms with Crippen LogP contribution in [0.5, 0.6) is 0 Å². The van der Waals surface area contributed by atoms with Crippen molar-refractivity contribution in [2.24, 2.45) is 0 Å². The van der Waals surface area contributed by atoms with E-state index in [1.807, 2.05) is 50.4 Å². The van der Waals surface area contributed by atoms with Crippen molar-refractivity contribution >= 4 is 11.6 Å². The number of amides is 1. The average molecular weight is 311 g/mol. The van der Waals surface area contributed by atoms with E-state index in [0.29, 0.717) is 5.56 Å². The van der Waals surface area contributed by atoms with Crippen molar-refractivity contribution in [2.75, 3.05) is 25.0 Å². The molecule has 0 saturated heterocycles. The van der Waals surface area contributed by atoms with Crippen molar-refractivity contribution in [3.8, 4) is 0 Å². The lowest BCUT2D eigenvalue weighted by Crippen LogP contribution is -2.29. The summed E-state index contributed by atoms with van der Waals surface area (Å²) in [4.78, 5) is 20.8. The lowest BCUT2D eigenvalue weighted by molar-refractivity contribution is 0.0742. The van der Waals surface area contributed by atoms with Crippen LogP contribution in [0.15, 0.2) is 48.8 Å². The van der Waals surface area contributed by atoms with Gasteiger partial charge in [0.1, 0.15) is 0 Å². The first-order chi connectivity index (χ1) is 11.1. The Morgan fingerprint density at radius 1 is 1.13 bits per heavy atom. The van der Waals surface area contributed by atoms with E-state index in [1.54, 1.807) is 17.3 Å². The highest BCUT2D eigenvalue weighted by atomic mass is 16.2. The van der Waals surface area contributed by atoms with Gasteiger partial charge in [-0.3, -0.25) is 9.78 Å². The van der Waals surface area contributed by atoms with Gasteiger partial charge in [-0.2, -0.15) is 0 Å². The van der Waals surface area contributed by atoms with Gasteiger partial charge in [0.2, 0.25) is 0 Å². The molecule has 0 aliphatic carbocycles. The summed E-state index contributed by atoms with van der Waals surface area (Å²) in [5, 5.41) is 0. The molecule has 0 bridgehead atoms. The molecule has 0 aliphatic heterocycles. The van der Waals surface area contributed by atoms with E-state index in [0.717, 1.165) is 24.3 Å². The summed E-state index contributed by atoms with van der Waals surface area (Å²) in [5.74, 6) is 0.0208. The van der Waals surface area contributed by atoms with Crippen LogP contribution >= 0.6 is 0 Å². The van der Waals surface area contributed by atoms with Gasteiger partial charge in [0, 0.05) is 43.8 Å². The molecule has 4 nitrogen and oxygen atoms in total. The van der Waals surface area contributed by atoms with Gasteiger partial charge in [-0.15, -0.1) is 0 Å². The first-order valence-electron chi connectivity index (χ1n) is 8.10. The van der Waals surface area contributed by atoms with Crippen LogP contribution in [0.1, 0.15) is 42.7 Å². The summed E-state index contributed by atoms with van der Waals surface area (Å²) < 4.78 is 0. The second-order valence-electron chi connectivity index (χ2n) is 5.60. The average Bonchev–Trinajstić information content (AvgIpc) is 2.62. The van der Waals surface area contributed by atoms with Gasteiger partial charge in [-0.1, -0.05) is 6.07 Å². The second-order valence-corrected chi connectivity index (χ2v) is 5.60. The van der Waals surface area contributed by atoms with E-state index >= 15 is 0 Å². The van der Waals surface area contributed by atoms with E-state index in [-0.39, 0.29) is 11.9 Å². The number of hydrogen-bond donors (Lipinski definition) is 0. The Bertz CT molecular complexity index is 621. The molecule has 0 N–H and O–H groups in total. The van der Waals surface area contributed by atoms with Gasteiger partial charge >= 0.3 is 0 Å². The second kappa shape index (κ2) is 7.77. The Morgan fingerprint density at radius 3 is 2.30 bits per heavy atom. The highest BCUT2D eigenvalue weighted by Gasteiger charge is 2.19.